The van der Waals surface area contributed by atoms with Gasteiger partial charge in [0.2, 0.25) is 0 Å². The second kappa shape index (κ2) is 9.54. The van der Waals surface area contributed by atoms with Crippen molar-refractivity contribution < 1.29 is 32.3 Å². The van der Waals surface area contributed by atoms with Crippen molar-refractivity contribution in [2.24, 2.45) is 0 Å². The van der Waals surface area contributed by atoms with Gasteiger partial charge < -0.3 is 14.8 Å². The minimum atomic E-state index is -4.00. The van der Waals surface area contributed by atoms with E-state index in [2.05, 4.69) is 10.0 Å². The Hall–Kier alpha value is -3.89. The topological polar surface area (TPSA) is 128 Å². The molecular formula is C23H17ClN2O7S. The van der Waals surface area contributed by atoms with E-state index in [0.29, 0.717) is 16.5 Å². The number of ketones is 1. The van der Waals surface area contributed by atoms with Crippen molar-refractivity contribution in [1.29, 1.82) is 0 Å². The molecule has 3 aromatic rings. The molecule has 34 heavy (non-hydrogen) atoms. The first-order valence-electron chi connectivity index (χ1n) is 9.87. The van der Waals surface area contributed by atoms with Crippen molar-refractivity contribution in [3.05, 3.63) is 82.9 Å². The molecule has 4 rings (SSSR count). The van der Waals surface area contributed by atoms with E-state index < -0.39 is 28.4 Å². The van der Waals surface area contributed by atoms with Crippen LogP contribution in [-0.2, 0) is 19.6 Å². The van der Waals surface area contributed by atoms with Gasteiger partial charge in [0.15, 0.2) is 19.0 Å². The van der Waals surface area contributed by atoms with Gasteiger partial charge in [0.05, 0.1) is 21.8 Å². The second-order valence-electron chi connectivity index (χ2n) is 7.19. The quantitative estimate of drug-likeness (QED) is 0.375. The SMILES string of the molecule is O=C1COc2ccc(C(=O)COC(=O)c3cccc(S(=O)(=O)Nc4cccc(Cl)c4)c3)cc2N1. The third-order valence-corrected chi connectivity index (χ3v) is 6.34. The van der Waals surface area contributed by atoms with Gasteiger partial charge in [-0.2, -0.15) is 0 Å². The minimum Gasteiger partial charge on any atom is -0.482 e. The molecule has 1 aliphatic rings. The molecule has 0 spiro atoms. The predicted molar refractivity (Wildman–Crippen MR) is 124 cm³/mol. The standard InChI is InChI=1S/C23H17ClN2O7S/c24-16-4-2-5-17(11-16)26-34(30,31)18-6-1-3-15(9-18)23(29)33-12-20(27)14-7-8-21-19(10-14)25-22(28)13-32-21/h1-11,26H,12-13H2,(H,25,28). The van der Waals surface area contributed by atoms with E-state index in [4.69, 9.17) is 21.1 Å². The summed E-state index contributed by atoms with van der Waals surface area (Å²) in [6, 6.07) is 15.8. The van der Waals surface area contributed by atoms with E-state index in [1.165, 1.54) is 48.5 Å². The van der Waals surface area contributed by atoms with Gasteiger partial charge in [-0.3, -0.25) is 14.3 Å². The largest absolute Gasteiger partial charge is 0.482 e. The molecule has 2 N–H and O–H groups in total. The molecule has 0 atom stereocenters. The van der Waals surface area contributed by atoms with Gasteiger partial charge in [0.25, 0.3) is 15.9 Å². The number of ether oxygens (including phenoxy) is 2. The minimum absolute atomic E-state index is 0.0483. The van der Waals surface area contributed by atoms with Crippen LogP contribution in [0.15, 0.2) is 71.6 Å². The molecule has 1 aliphatic heterocycles. The molecule has 0 unspecified atom stereocenters. The Labute approximate surface area is 199 Å². The van der Waals surface area contributed by atoms with Gasteiger partial charge in [0, 0.05) is 10.6 Å². The van der Waals surface area contributed by atoms with E-state index >= 15 is 0 Å². The molecule has 3 aromatic carbocycles. The summed E-state index contributed by atoms with van der Waals surface area (Å²) in [5.41, 5.74) is 0.767. The van der Waals surface area contributed by atoms with E-state index in [9.17, 15) is 22.8 Å². The van der Waals surface area contributed by atoms with Crippen molar-refractivity contribution in [1.82, 2.24) is 0 Å². The van der Waals surface area contributed by atoms with Crippen LogP contribution >= 0.6 is 11.6 Å². The molecule has 0 saturated carbocycles. The average molecular weight is 501 g/mol. The Morgan fingerprint density at radius 1 is 1.03 bits per heavy atom. The first-order chi connectivity index (χ1) is 16.2. The summed E-state index contributed by atoms with van der Waals surface area (Å²) in [6.07, 6.45) is 0. The monoisotopic (exact) mass is 500 g/mol. The number of hydrogen-bond donors (Lipinski definition) is 2. The van der Waals surface area contributed by atoms with Crippen LogP contribution in [0, 0.1) is 0 Å². The van der Waals surface area contributed by atoms with Crippen LogP contribution in [0.5, 0.6) is 5.75 Å². The fraction of sp³-hybridized carbons (Fsp3) is 0.0870. The zero-order valence-electron chi connectivity index (χ0n) is 17.4. The molecule has 11 heteroatoms. The summed E-state index contributed by atoms with van der Waals surface area (Å²) in [5, 5.41) is 2.95. The molecule has 0 fully saturated rings. The fourth-order valence-electron chi connectivity index (χ4n) is 3.11. The maximum Gasteiger partial charge on any atom is 0.338 e. The van der Waals surface area contributed by atoms with E-state index in [0.717, 1.165) is 6.07 Å². The van der Waals surface area contributed by atoms with E-state index in [1.807, 2.05) is 0 Å². The number of carbonyl (C=O) groups excluding carboxylic acids is 3. The molecule has 0 bridgehead atoms. The van der Waals surface area contributed by atoms with Crippen LogP contribution in [-0.4, -0.2) is 39.3 Å². The normalized spacial score (nSPS) is 12.7. The summed E-state index contributed by atoms with van der Waals surface area (Å²) < 4.78 is 38.1. The number of nitrogens with one attached hydrogen (secondary N) is 2. The van der Waals surface area contributed by atoms with Crippen molar-refractivity contribution in [3.8, 4) is 5.75 Å². The number of carbonyl (C=O) groups is 3. The number of sulfonamides is 1. The number of rotatable bonds is 7. The van der Waals surface area contributed by atoms with Crippen LogP contribution < -0.4 is 14.8 Å². The number of hydrogen-bond acceptors (Lipinski definition) is 7. The number of esters is 1. The Morgan fingerprint density at radius 3 is 2.62 bits per heavy atom. The van der Waals surface area contributed by atoms with Gasteiger partial charge in [-0.15, -0.1) is 0 Å². The van der Waals surface area contributed by atoms with E-state index in [1.54, 1.807) is 12.1 Å². The average Bonchev–Trinajstić information content (AvgIpc) is 2.81. The Kier molecular flexibility index (Phi) is 6.53. The smallest absolute Gasteiger partial charge is 0.338 e. The van der Waals surface area contributed by atoms with Gasteiger partial charge in [-0.1, -0.05) is 23.7 Å². The molecular weight excluding hydrogens is 484 g/mol. The lowest BCUT2D eigenvalue weighted by Crippen LogP contribution is -2.25. The van der Waals surface area contributed by atoms with Gasteiger partial charge in [-0.25, -0.2) is 13.2 Å². The Bertz CT molecular complexity index is 1410. The number of anilines is 2. The number of halogens is 1. The number of fused-ring (bicyclic) bond motifs is 1. The molecule has 1 amide bonds. The second-order valence-corrected chi connectivity index (χ2v) is 9.31. The summed E-state index contributed by atoms with van der Waals surface area (Å²) in [5.74, 6) is -1.30. The Balaban J connectivity index is 1.43. The first kappa shape index (κ1) is 23.3. The van der Waals surface area contributed by atoms with Crippen LogP contribution in [0.2, 0.25) is 5.02 Å². The third-order valence-electron chi connectivity index (χ3n) is 4.73. The fourth-order valence-corrected chi connectivity index (χ4v) is 4.40. The maximum absolute atomic E-state index is 12.7. The maximum atomic E-state index is 12.7. The van der Waals surface area contributed by atoms with Crippen molar-refractivity contribution in [2.75, 3.05) is 23.3 Å². The number of benzene rings is 3. The van der Waals surface area contributed by atoms with Crippen molar-refractivity contribution in [3.63, 3.8) is 0 Å². The van der Waals surface area contributed by atoms with Crippen molar-refractivity contribution in [2.45, 2.75) is 4.90 Å². The zero-order valence-corrected chi connectivity index (χ0v) is 19.0. The predicted octanol–water partition coefficient (Wildman–Crippen LogP) is 3.51. The number of Topliss-reactive ketones (excluding diaryl/α,β-unsaturated/α-hetero) is 1. The highest BCUT2D eigenvalue weighted by Crippen LogP contribution is 2.28. The van der Waals surface area contributed by atoms with Crippen LogP contribution in [0.3, 0.4) is 0 Å². The zero-order chi connectivity index (χ0) is 24.3. The summed E-state index contributed by atoms with van der Waals surface area (Å²) >= 11 is 5.88. The molecule has 0 saturated heterocycles. The van der Waals surface area contributed by atoms with Crippen LogP contribution in [0.1, 0.15) is 20.7 Å². The lowest BCUT2D eigenvalue weighted by Gasteiger charge is -2.18. The molecule has 0 aromatic heterocycles. The summed E-state index contributed by atoms with van der Waals surface area (Å²) in [6.45, 7) is -0.689. The molecule has 1 heterocycles. The lowest BCUT2D eigenvalue weighted by molar-refractivity contribution is -0.118. The number of amides is 1. The molecule has 0 aliphatic carbocycles. The van der Waals surface area contributed by atoms with Crippen molar-refractivity contribution >= 4 is 50.7 Å². The molecule has 0 radical (unpaired) electrons. The van der Waals surface area contributed by atoms with Crippen LogP contribution in [0.4, 0.5) is 11.4 Å². The van der Waals surface area contributed by atoms with Crippen LogP contribution in [0.25, 0.3) is 0 Å². The van der Waals surface area contributed by atoms with Gasteiger partial charge in [0.1, 0.15) is 5.75 Å². The summed E-state index contributed by atoms with van der Waals surface area (Å²) in [7, 11) is -4.00. The molecule has 174 valence electrons. The highest BCUT2D eigenvalue weighted by atomic mass is 35.5. The highest BCUT2D eigenvalue weighted by Gasteiger charge is 2.20. The summed E-state index contributed by atoms with van der Waals surface area (Å²) in [4.78, 5) is 36.2. The van der Waals surface area contributed by atoms with Gasteiger partial charge in [-0.05, 0) is 54.6 Å². The third kappa shape index (κ3) is 5.36. The van der Waals surface area contributed by atoms with E-state index in [-0.39, 0.29) is 34.2 Å². The first-order valence-corrected chi connectivity index (χ1v) is 11.7. The highest BCUT2D eigenvalue weighted by molar-refractivity contribution is 7.92. The molecule has 9 nitrogen and oxygen atoms in total. The Morgan fingerprint density at radius 2 is 1.82 bits per heavy atom. The lowest BCUT2D eigenvalue weighted by atomic mass is 10.1. The van der Waals surface area contributed by atoms with Gasteiger partial charge >= 0.3 is 5.97 Å².